The van der Waals surface area contributed by atoms with Gasteiger partial charge in [-0.25, -0.2) is 0 Å². The van der Waals surface area contributed by atoms with Crippen LogP contribution in [-0.4, -0.2) is 32.6 Å². The van der Waals surface area contributed by atoms with E-state index in [4.69, 9.17) is 0 Å². The van der Waals surface area contributed by atoms with Crippen molar-refractivity contribution < 1.29 is 9.59 Å². The fraction of sp³-hybridized carbons (Fsp3) is 0.238. The van der Waals surface area contributed by atoms with Crippen molar-refractivity contribution in [3.05, 3.63) is 82.9 Å². The predicted molar refractivity (Wildman–Crippen MR) is 104 cm³/mol. The highest BCUT2D eigenvalue weighted by molar-refractivity contribution is 5.96. The average Bonchev–Trinajstić information content (AvgIpc) is 3.27. The lowest BCUT2D eigenvalue weighted by Gasteiger charge is -2.12. The fourth-order valence-electron chi connectivity index (χ4n) is 3.44. The first-order chi connectivity index (χ1) is 13.6. The van der Waals surface area contributed by atoms with Gasteiger partial charge in [0, 0.05) is 24.9 Å². The van der Waals surface area contributed by atoms with Gasteiger partial charge in [0.05, 0.1) is 35.6 Å². The number of benzene rings is 1. The summed E-state index contributed by atoms with van der Waals surface area (Å²) < 4.78 is 1.79. The van der Waals surface area contributed by atoms with Gasteiger partial charge in [0.15, 0.2) is 0 Å². The van der Waals surface area contributed by atoms with Crippen molar-refractivity contribution in [1.82, 2.24) is 25.4 Å². The highest BCUT2D eigenvalue weighted by Gasteiger charge is 2.29. The Morgan fingerprint density at radius 1 is 1.11 bits per heavy atom. The lowest BCUT2D eigenvalue weighted by atomic mass is 10.1. The number of pyridine rings is 1. The first-order valence-corrected chi connectivity index (χ1v) is 9.21. The molecule has 2 amide bonds. The summed E-state index contributed by atoms with van der Waals surface area (Å²) in [7, 11) is 0. The Bertz CT molecular complexity index is 1010. The smallest absolute Gasteiger partial charge is 0.255 e. The number of nitrogens with one attached hydrogen (secondary N) is 2. The Morgan fingerprint density at radius 2 is 1.93 bits per heavy atom. The maximum Gasteiger partial charge on any atom is 0.255 e. The first kappa shape index (κ1) is 17.9. The van der Waals surface area contributed by atoms with Gasteiger partial charge in [0.25, 0.3) is 11.8 Å². The van der Waals surface area contributed by atoms with E-state index in [-0.39, 0.29) is 17.9 Å². The van der Waals surface area contributed by atoms with Gasteiger partial charge in [-0.05, 0) is 24.6 Å². The summed E-state index contributed by atoms with van der Waals surface area (Å²) in [6.07, 6.45) is 3.83. The molecule has 0 radical (unpaired) electrons. The molecule has 142 valence electrons. The standard InChI is InChI=1S/C21H21N5O2/c1-14-17(8-5-9-22-14)21(28)25-16-10-19-18(12-24-26(19)13-16)20(27)23-11-15-6-3-2-4-7-15/h2-9,12,16H,10-11,13H2,1H3,(H,23,27)(H,25,28). The molecule has 3 heterocycles. The fourth-order valence-corrected chi connectivity index (χ4v) is 3.44. The van der Waals surface area contributed by atoms with Crippen molar-refractivity contribution in [2.75, 3.05) is 0 Å². The van der Waals surface area contributed by atoms with Crippen LogP contribution in [0.15, 0.2) is 54.9 Å². The molecule has 0 saturated carbocycles. The van der Waals surface area contributed by atoms with Crippen molar-refractivity contribution in [1.29, 1.82) is 0 Å². The molecular weight excluding hydrogens is 354 g/mol. The lowest BCUT2D eigenvalue weighted by Crippen LogP contribution is -2.36. The molecule has 0 aliphatic carbocycles. The average molecular weight is 375 g/mol. The Hall–Kier alpha value is -3.48. The molecule has 1 unspecified atom stereocenters. The zero-order chi connectivity index (χ0) is 19.5. The molecule has 1 atom stereocenters. The summed E-state index contributed by atoms with van der Waals surface area (Å²) in [6.45, 7) is 2.82. The molecule has 1 aliphatic heterocycles. The molecule has 0 saturated heterocycles. The van der Waals surface area contributed by atoms with Crippen LogP contribution in [0.3, 0.4) is 0 Å². The van der Waals surface area contributed by atoms with Crippen LogP contribution in [0.4, 0.5) is 0 Å². The second kappa shape index (κ2) is 7.64. The lowest BCUT2D eigenvalue weighted by molar-refractivity contribution is 0.0933. The highest BCUT2D eigenvalue weighted by atomic mass is 16.2. The summed E-state index contributed by atoms with van der Waals surface area (Å²) in [6, 6.07) is 13.2. The third-order valence-corrected chi connectivity index (χ3v) is 4.91. The van der Waals surface area contributed by atoms with E-state index in [9.17, 15) is 9.59 Å². The number of fused-ring (bicyclic) bond motifs is 1. The number of hydrogen-bond acceptors (Lipinski definition) is 4. The number of rotatable bonds is 5. The molecule has 0 fully saturated rings. The highest BCUT2D eigenvalue weighted by Crippen LogP contribution is 2.19. The Kier molecular flexibility index (Phi) is 4.89. The quantitative estimate of drug-likeness (QED) is 0.713. The predicted octanol–water partition coefficient (Wildman–Crippen LogP) is 1.87. The zero-order valence-electron chi connectivity index (χ0n) is 15.6. The van der Waals surface area contributed by atoms with Crippen molar-refractivity contribution in [2.24, 2.45) is 0 Å². The van der Waals surface area contributed by atoms with Crippen LogP contribution in [-0.2, 0) is 19.5 Å². The molecule has 7 heteroatoms. The van der Waals surface area contributed by atoms with Gasteiger partial charge < -0.3 is 10.6 Å². The minimum Gasteiger partial charge on any atom is -0.348 e. The number of aromatic nitrogens is 3. The van der Waals surface area contributed by atoms with Gasteiger partial charge in [-0.2, -0.15) is 5.10 Å². The SMILES string of the molecule is Cc1ncccc1C(=O)NC1Cc2c(C(=O)NCc3ccccc3)cnn2C1. The Morgan fingerprint density at radius 3 is 2.71 bits per heavy atom. The van der Waals surface area contributed by atoms with E-state index in [1.807, 2.05) is 37.3 Å². The topological polar surface area (TPSA) is 88.9 Å². The number of aryl methyl sites for hydroxylation is 1. The molecule has 7 nitrogen and oxygen atoms in total. The van der Waals surface area contributed by atoms with Crippen molar-refractivity contribution in [3.8, 4) is 0 Å². The molecule has 3 aromatic rings. The largest absolute Gasteiger partial charge is 0.348 e. The second-order valence-electron chi connectivity index (χ2n) is 6.87. The molecule has 0 spiro atoms. The van der Waals surface area contributed by atoms with Crippen LogP contribution in [0.2, 0.25) is 0 Å². The van der Waals surface area contributed by atoms with Crippen LogP contribution in [0.25, 0.3) is 0 Å². The Balaban J connectivity index is 1.39. The summed E-state index contributed by atoms with van der Waals surface area (Å²) in [5.41, 5.74) is 3.70. The normalized spacial score (nSPS) is 15.1. The summed E-state index contributed by atoms with van der Waals surface area (Å²) in [4.78, 5) is 29.2. The van der Waals surface area contributed by atoms with Crippen LogP contribution in [0.1, 0.15) is 37.7 Å². The van der Waals surface area contributed by atoms with E-state index in [2.05, 4.69) is 20.7 Å². The third-order valence-electron chi connectivity index (χ3n) is 4.91. The molecule has 28 heavy (non-hydrogen) atoms. The van der Waals surface area contributed by atoms with Crippen LogP contribution < -0.4 is 10.6 Å². The molecule has 1 aromatic carbocycles. The van der Waals surface area contributed by atoms with Crippen LogP contribution in [0.5, 0.6) is 0 Å². The van der Waals surface area contributed by atoms with E-state index < -0.39 is 0 Å². The molecule has 4 rings (SSSR count). The number of amides is 2. The van der Waals surface area contributed by atoms with E-state index in [0.717, 1.165) is 11.3 Å². The minimum absolute atomic E-state index is 0.100. The van der Waals surface area contributed by atoms with Gasteiger partial charge in [-0.1, -0.05) is 30.3 Å². The molecule has 2 N–H and O–H groups in total. The van der Waals surface area contributed by atoms with Crippen molar-refractivity contribution in [3.63, 3.8) is 0 Å². The van der Waals surface area contributed by atoms with E-state index in [1.54, 1.807) is 29.2 Å². The van der Waals surface area contributed by atoms with E-state index in [0.29, 0.717) is 36.3 Å². The summed E-state index contributed by atoms with van der Waals surface area (Å²) in [5, 5.41) is 10.3. The van der Waals surface area contributed by atoms with E-state index in [1.165, 1.54) is 0 Å². The number of carbonyl (C=O) groups excluding carboxylic acids is 2. The van der Waals surface area contributed by atoms with Gasteiger partial charge in [0.2, 0.25) is 0 Å². The van der Waals surface area contributed by atoms with Gasteiger partial charge in [-0.3, -0.25) is 19.3 Å². The zero-order valence-corrected chi connectivity index (χ0v) is 15.6. The van der Waals surface area contributed by atoms with Crippen molar-refractivity contribution >= 4 is 11.8 Å². The van der Waals surface area contributed by atoms with E-state index >= 15 is 0 Å². The summed E-state index contributed by atoms with van der Waals surface area (Å²) >= 11 is 0. The number of carbonyl (C=O) groups is 2. The second-order valence-corrected chi connectivity index (χ2v) is 6.87. The maximum absolute atomic E-state index is 12.6. The minimum atomic E-state index is -0.156. The molecule has 1 aliphatic rings. The maximum atomic E-state index is 12.6. The summed E-state index contributed by atoms with van der Waals surface area (Å²) in [5.74, 6) is -0.309. The molecular formula is C21H21N5O2. The van der Waals surface area contributed by atoms with Crippen LogP contribution >= 0.6 is 0 Å². The number of nitrogens with zero attached hydrogens (tertiary/aromatic N) is 3. The third kappa shape index (κ3) is 3.64. The van der Waals surface area contributed by atoms with Gasteiger partial charge >= 0.3 is 0 Å². The molecule has 2 aromatic heterocycles. The molecule has 0 bridgehead atoms. The number of hydrogen-bond donors (Lipinski definition) is 2. The van der Waals surface area contributed by atoms with Crippen molar-refractivity contribution in [2.45, 2.75) is 32.5 Å². The van der Waals surface area contributed by atoms with Gasteiger partial charge in [0.1, 0.15) is 0 Å². The first-order valence-electron chi connectivity index (χ1n) is 9.21. The van der Waals surface area contributed by atoms with Gasteiger partial charge in [-0.15, -0.1) is 0 Å². The monoisotopic (exact) mass is 375 g/mol. The Labute approximate surface area is 162 Å². The van der Waals surface area contributed by atoms with Crippen LogP contribution in [0, 0.1) is 6.92 Å².